The predicted octanol–water partition coefficient (Wildman–Crippen LogP) is -0.502. The summed E-state index contributed by atoms with van der Waals surface area (Å²) in [7, 11) is 1.39. The van der Waals surface area contributed by atoms with E-state index in [4.69, 9.17) is 10.5 Å². The summed E-state index contributed by atoms with van der Waals surface area (Å²) in [4.78, 5) is 93.7. The number of aliphatic hydroxyl groups excluding tert-OH is 1. The molecule has 312 valence electrons. The van der Waals surface area contributed by atoms with Crippen molar-refractivity contribution in [3.05, 3.63) is 111 Å². The fourth-order valence-corrected chi connectivity index (χ4v) is 6.55. The molecule has 0 bridgehead atoms. The number of urea groups is 1. The van der Waals surface area contributed by atoms with E-state index in [1.165, 1.54) is 42.8 Å². The van der Waals surface area contributed by atoms with Crippen LogP contribution in [-0.4, -0.2) is 115 Å². The summed E-state index contributed by atoms with van der Waals surface area (Å²) < 4.78 is 6.67. The number of hydrogen-bond acceptors (Lipinski definition) is 12. The fraction of sp³-hybridized carbons (Fsp3) is 0.395. The number of aromatic amines is 1. The molecule has 7 atom stereocenters. The van der Waals surface area contributed by atoms with Crippen LogP contribution in [0.3, 0.4) is 0 Å². The van der Waals surface area contributed by atoms with E-state index >= 15 is 0 Å². The van der Waals surface area contributed by atoms with Crippen LogP contribution in [0.25, 0.3) is 0 Å². The number of aromatic nitrogens is 2. The number of likely N-dealkylation sites (N-methyl/N-ethyl adjacent to an activating group) is 1. The Bertz CT molecular complexity index is 2080. The first-order valence-electron chi connectivity index (χ1n) is 18.2. The third kappa shape index (κ3) is 12.4. The first-order valence-corrected chi connectivity index (χ1v) is 19.6. The number of amides is 5. The Labute approximate surface area is 337 Å². The molecule has 1 saturated heterocycles. The molecule has 20 heteroatoms. The van der Waals surface area contributed by atoms with Crippen molar-refractivity contribution >= 4 is 41.5 Å². The first kappa shape index (κ1) is 44.6. The average Bonchev–Trinajstić information content (AvgIpc) is 3.56. The van der Waals surface area contributed by atoms with E-state index in [1.807, 2.05) is 0 Å². The molecular formula is C38H48N8O11S. The molecule has 1 aliphatic rings. The zero-order chi connectivity index (χ0) is 42.5. The fourth-order valence-electron chi connectivity index (χ4n) is 6.08. The van der Waals surface area contributed by atoms with Gasteiger partial charge in [-0.1, -0.05) is 42.5 Å². The van der Waals surface area contributed by atoms with Gasteiger partial charge in [0.2, 0.25) is 23.9 Å². The van der Waals surface area contributed by atoms with Gasteiger partial charge in [0.05, 0.1) is 12.1 Å². The molecule has 2 heterocycles. The number of carbonyl (C=O) groups is 5. The summed E-state index contributed by atoms with van der Waals surface area (Å²) in [5.41, 5.74) is 6.01. The van der Waals surface area contributed by atoms with Crippen LogP contribution in [0.1, 0.15) is 37.1 Å². The maximum absolute atomic E-state index is 13.9. The van der Waals surface area contributed by atoms with E-state index in [0.717, 1.165) is 23.0 Å². The summed E-state index contributed by atoms with van der Waals surface area (Å²) in [5.74, 6) is -3.17. The summed E-state index contributed by atoms with van der Waals surface area (Å²) >= 11 is 1.37. The second-order valence-electron chi connectivity index (χ2n) is 13.6. The van der Waals surface area contributed by atoms with Gasteiger partial charge in [0.1, 0.15) is 35.7 Å². The van der Waals surface area contributed by atoms with Gasteiger partial charge in [0, 0.05) is 38.4 Å². The number of phenols is 1. The maximum atomic E-state index is 13.9. The number of aliphatic hydroxyl groups is 1. The largest absolute Gasteiger partial charge is 0.508 e. The second kappa shape index (κ2) is 20.9. The maximum Gasteiger partial charge on any atom is 0.331 e. The van der Waals surface area contributed by atoms with Gasteiger partial charge in [-0.05, 0) is 55.0 Å². The number of carbonyl (C=O) groups excluding carboxylic acids is 4. The molecule has 0 radical (unpaired) electrons. The number of phenolic OH excluding ortho intramolecular Hbond substituents is 1. The number of ether oxygens (including phenoxy) is 1. The molecule has 10 N–H and O–H groups in total. The minimum absolute atomic E-state index is 0.0173. The number of aromatic hydroxyl groups is 1. The highest BCUT2D eigenvalue weighted by Gasteiger charge is 2.37. The summed E-state index contributed by atoms with van der Waals surface area (Å²) in [6, 6.07) is 8.68. The zero-order valence-corrected chi connectivity index (χ0v) is 32.8. The molecule has 0 spiro atoms. The lowest BCUT2D eigenvalue weighted by molar-refractivity contribution is -0.139. The summed E-state index contributed by atoms with van der Waals surface area (Å²) in [5, 5.41) is 40.3. The number of nitrogens with one attached hydrogen (secondary N) is 5. The molecule has 1 aliphatic heterocycles. The number of thioether (sulfide) groups is 1. The van der Waals surface area contributed by atoms with E-state index in [1.54, 1.807) is 48.7 Å². The highest BCUT2D eigenvalue weighted by atomic mass is 32.2. The molecule has 2 aromatic carbocycles. The van der Waals surface area contributed by atoms with Crippen LogP contribution in [0.5, 0.6) is 5.75 Å². The number of rotatable bonds is 18. The number of carboxylic acids is 1. The Morgan fingerprint density at radius 3 is 2.34 bits per heavy atom. The third-order valence-corrected chi connectivity index (χ3v) is 9.98. The SMILES string of the molecule is CSCCC(NC(=O)NC(Cc1ccccc1)C(=O)O)C(=O)NC(C(=O)NC=C1CC(O)C(n2ccc(=O)[nH]c2=O)O1)C(C)N(C)C(=O)C(N)Cc1cccc(O)c1. The number of aliphatic carboxylic acids is 1. The zero-order valence-electron chi connectivity index (χ0n) is 32.0. The van der Waals surface area contributed by atoms with E-state index in [9.17, 15) is 48.9 Å². The molecule has 5 amide bonds. The topological polar surface area (TPSA) is 288 Å². The van der Waals surface area contributed by atoms with Crippen molar-refractivity contribution < 1.29 is 44.0 Å². The minimum Gasteiger partial charge on any atom is -0.508 e. The van der Waals surface area contributed by atoms with Crippen molar-refractivity contribution in [1.82, 2.24) is 35.7 Å². The summed E-state index contributed by atoms with van der Waals surface area (Å²) in [6.07, 6.45) is 1.50. The Morgan fingerprint density at radius 1 is 1.00 bits per heavy atom. The Morgan fingerprint density at radius 2 is 1.69 bits per heavy atom. The Kier molecular flexibility index (Phi) is 16.0. The Balaban J connectivity index is 1.55. The quantitative estimate of drug-likeness (QED) is 0.0783. The molecule has 3 aromatic rings. The second-order valence-corrected chi connectivity index (χ2v) is 14.6. The number of nitrogens with zero attached hydrogens (tertiary/aromatic N) is 2. The molecule has 1 fully saturated rings. The van der Waals surface area contributed by atoms with Crippen LogP contribution in [0, 0.1) is 0 Å². The van der Waals surface area contributed by atoms with E-state index in [0.29, 0.717) is 16.9 Å². The molecule has 1 aromatic heterocycles. The number of nitrogens with two attached hydrogens (primary N) is 1. The number of H-pyrrole nitrogens is 1. The van der Waals surface area contributed by atoms with Crippen molar-refractivity contribution in [3.63, 3.8) is 0 Å². The van der Waals surface area contributed by atoms with Crippen LogP contribution in [0.15, 0.2) is 88.4 Å². The number of benzene rings is 2. The normalized spacial score (nSPS) is 18.1. The minimum atomic E-state index is -1.50. The van der Waals surface area contributed by atoms with Crippen molar-refractivity contribution in [2.75, 3.05) is 19.1 Å². The standard InChI is InChI=1S/C38H48N8O11S/c1-21(45(2)34(52)26(39)17-23-10-7-11-24(47)16-23)31(33(51)40-20-25-19-29(48)35(57-25)46-14-12-30(49)43-38(46)56)44-32(50)27(13-15-58-3)41-37(55)42-28(36(53)54)18-22-8-5-4-6-9-22/h4-12,14,16,20-21,26-29,31,35,47-48H,13,15,17-19,39H2,1-3H3,(H,40,51)(H,44,50)(H,53,54)(H2,41,42,55)(H,43,49,56). The van der Waals surface area contributed by atoms with E-state index in [-0.39, 0.29) is 37.2 Å². The highest BCUT2D eigenvalue weighted by molar-refractivity contribution is 7.98. The van der Waals surface area contributed by atoms with Crippen LogP contribution in [0.2, 0.25) is 0 Å². The van der Waals surface area contributed by atoms with Crippen molar-refractivity contribution in [2.24, 2.45) is 5.73 Å². The van der Waals surface area contributed by atoms with Gasteiger partial charge in [-0.3, -0.25) is 28.7 Å². The van der Waals surface area contributed by atoms with Crippen LogP contribution >= 0.6 is 11.8 Å². The van der Waals surface area contributed by atoms with Gasteiger partial charge in [-0.15, -0.1) is 0 Å². The average molecular weight is 825 g/mol. The van der Waals surface area contributed by atoms with E-state index < -0.39 is 83.5 Å². The predicted molar refractivity (Wildman–Crippen MR) is 212 cm³/mol. The van der Waals surface area contributed by atoms with Crippen LogP contribution < -0.4 is 38.2 Å². The van der Waals surface area contributed by atoms with Gasteiger partial charge in [0.15, 0.2) is 0 Å². The Hall–Kier alpha value is -6.12. The molecule has 0 aliphatic carbocycles. The van der Waals surface area contributed by atoms with Crippen molar-refractivity contribution in [1.29, 1.82) is 0 Å². The van der Waals surface area contributed by atoms with E-state index in [2.05, 4.69) is 26.3 Å². The number of carboxylic acid groups (broad SMARTS) is 1. The molecule has 58 heavy (non-hydrogen) atoms. The molecule has 4 rings (SSSR count). The lowest BCUT2D eigenvalue weighted by Gasteiger charge is -2.34. The van der Waals surface area contributed by atoms with Gasteiger partial charge in [0.25, 0.3) is 5.56 Å². The van der Waals surface area contributed by atoms with Crippen LogP contribution in [0.4, 0.5) is 4.79 Å². The lowest BCUT2D eigenvalue weighted by Crippen LogP contribution is -2.62. The molecular weight excluding hydrogens is 777 g/mol. The summed E-state index contributed by atoms with van der Waals surface area (Å²) in [6.45, 7) is 1.49. The lowest BCUT2D eigenvalue weighted by atomic mass is 10.0. The van der Waals surface area contributed by atoms with Gasteiger partial charge < -0.3 is 52.0 Å². The highest BCUT2D eigenvalue weighted by Crippen LogP contribution is 2.30. The third-order valence-electron chi connectivity index (χ3n) is 9.34. The molecule has 19 nitrogen and oxygen atoms in total. The smallest absolute Gasteiger partial charge is 0.331 e. The van der Waals surface area contributed by atoms with Crippen LogP contribution in [-0.2, 0) is 36.8 Å². The van der Waals surface area contributed by atoms with Gasteiger partial charge >= 0.3 is 17.7 Å². The van der Waals surface area contributed by atoms with Gasteiger partial charge in [-0.25, -0.2) is 14.4 Å². The van der Waals surface area contributed by atoms with Crippen molar-refractivity contribution in [2.45, 2.75) is 75.1 Å². The monoisotopic (exact) mass is 824 g/mol. The first-order chi connectivity index (χ1) is 27.6. The van der Waals surface area contributed by atoms with Gasteiger partial charge in [-0.2, -0.15) is 11.8 Å². The number of hydrogen-bond donors (Lipinski definition) is 9. The molecule has 7 unspecified atom stereocenters. The molecule has 0 saturated carbocycles. The van der Waals surface area contributed by atoms with Crippen molar-refractivity contribution in [3.8, 4) is 5.75 Å².